The van der Waals surface area contributed by atoms with Crippen molar-refractivity contribution in [2.75, 3.05) is 26.9 Å². The molecule has 0 fully saturated rings. The average Bonchev–Trinajstić information content (AvgIpc) is 2.89. The average molecular weight is 591 g/mol. The third-order valence-electron chi connectivity index (χ3n) is 5.37. The highest BCUT2D eigenvalue weighted by Gasteiger charge is 2.32. The summed E-state index contributed by atoms with van der Waals surface area (Å²) in [5.41, 5.74) is 4.69. The second-order valence-electron chi connectivity index (χ2n) is 8.04. The maximum atomic E-state index is 12.4. The zero-order valence-corrected chi connectivity index (χ0v) is 23.1. The molecule has 1 aliphatic rings. The van der Waals surface area contributed by atoms with Crippen molar-refractivity contribution < 1.29 is 33.6 Å². The van der Waals surface area contributed by atoms with Crippen LogP contribution in [0.2, 0.25) is 0 Å². The number of benzene rings is 2. The molecule has 12 heteroatoms. The Balaban J connectivity index is 1.67. The fourth-order valence-electron chi connectivity index (χ4n) is 3.69. The Morgan fingerprint density at radius 2 is 1.84 bits per heavy atom. The maximum Gasteiger partial charge on any atom is 0.337 e. The Bertz CT molecular complexity index is 1220. The Morgan fingerprint density at radius 1 is 1.13 bits per heavy atom. The van der Waals surface area contributed by atoms with Gasteiger partial charge in [-0.05, 0) is 78.2 Å². The normalized spacial score (nSPS) is 15.9. The lowest BCUT2D eigenvalue weighted by atomic mass is 9.95. The summed E-state index contributed by atoms with van der Waals surface area (Å²) in [5.74, 6) is 0.925. The van der Waals surface area contributed by atoms with Crippen LogP contribution in [-0.4, -0.2) is 56.5 Å². The van der Waals surface area contributed by atoms with Crippen molar-refractivity contribution in [2.24, 2.45) is 5.10 Å². The number of nitrogens with one attached hydrogen (secondary N) is 3. The number of nitrogens with zero attached hydrogens (tertiary/aromatic N) is 1. The predicted molar refractivity (Wildman–Crippen MR) is 144 cm³/mol. The van der Waals surface area contributed by atoms with Crippen LogP contribution < -0.4 is 30.3 Å². The number of hydrogen-bond donors (Lipinski definition) is 4. The van der Waals surface area contributed by atoms with Crippen LogP contribution in [0.1, 0.15) is 37.9 Å². The van der Waals surface area contributed by atoms with Gasteiger partial charge in [0.15, 0.2) is 17.7 Å². The van der Waals surface area contributed by atoms with Crippen molar-refractivity contribution >= 4 is 34.1 Å². The topological polar surface area (TPSA) is 140 Å². The van der Waals surface area contributed by atoms with Crippen LogP contribution in [0.4, 0.5) is 4.79 Å². The quantitative estimate of drug-likeness (QED) is 0.128. The number of halogens is 1. The summed E-state index contributed by atoms with van der Waals surface area (Å²) in [5, 5.41) is 19.7. The maximum absolute atomic E-state index is 12.4. The zero-order chi connectivity index (χ0) is 27.7. The summed E-state index contributed by atoms with van der Waals surface area (Å²) in [6.45, 7) is 6.14. The molecule has 2 aromatic carbocycles. The van der Waals surface area contributed by atoms with Gasteiger partial charge in [-0.15, -0.1) is 0 Å². The van der Waals surface area contributed by atoms with Crippen molar-refractivity contribution in [3.8, 4) is 17.2 Å². The number of rotatable bonds is 12. The highest BCUT2D eigenvalue weighted by Crippen LogP contribution is 2.35. The highest BCUT2D eigenvalue weighted by molar-refractivity contribution is 9.10. The third kappa shape index (κ3) is 7.39. The van der Waals surface area contributed by atoms with Gasteiger partial charge in [-0.3, -0.25) is 5.43 Å². The van der Waals surface area contributed by atoms with Crippen molar-refractivity contribution in [1.29, 1.82) is 0 Å². The largest absolute Gasteiger partial charge is 0.493 e. The first-order valence-corrected chi connectivity index (χ1v) is 12.7. The summed E-state index contributed by atoms with van der Waals surface area (Å²) in [4.78, 5) is 24.5. The van der Waals surface area contributed by atoms with Gasteiger partial charge in [0.2, 0.25) is 0 Å². The smallest absolute Gasteiger partial charge is 0.337 e. The molecule has 0 saturated heterocycles. The van der Waals surface area contributed by atoms with E-state index >= 15 is 0 Å². The number of amides is 2. The molecule has 0 radical (unpaired) electrons. The molecule has 0 aromatic heterocycles. The van der Waals surface area contributed by atoms with Gasteiger partial charge in [0, 0.05) is 5.70 Å². The zero-order valence-electron chi connectivity index (χ0n) is 21.5. The molecule has 1 aliphatic heterocycles. The lowest BCUT2D eigenvalue weighted by Gasteiger charge is -2.28. The lowest BCUT2D eigenvalue weighted by Crippen LogP contribution is -2.45. The van der Waals surface area contributed by atoms with E-state index < -0.39 is 24.3 Å². The van der Waals surface area contributed by atoms with Gasteiger partial charge in [-0.1, -0.05) is 6.07 Å². The van der Waals surface area contributed by atoms with E-state index in [2.05, 4.69) is 37.1 Å². The Labute approximate surface area is 229 Å². The van der Waals surface area contributed by atoms with E-state index in [4.69, 9.17) is 18.9 Å². The molecular formula is C26H31BrN4O7. The number of methoxy groups -OCH3 is 1. The first-order chi connectivity index (χ1) is 18.3. The molecule has 1 heterocycles. The van der Waals surface area contributed by atoms with Gasteiger partial charge in [0.05, 0.1) is 42.6 Å². The molecule has 2 amide bonds. The summed E-state index contributed by atoms with van der Waals surface area (Å²) in [7, 11) is 1.28. The number of ether oxygens (including phenoxy) is 4. The molecule has 0 unspecified atom stereocenters. The first kappa shape index (κ1) is 28.8. The Morgan fingerprint density at radius 3 is 2.53 bits per heavy atom. The Hall–Kier alpha value is -3.77. The van der Waals surface area contributed by atoms with Crippen LogP contribution in [0, 0.1) is 0 Å². The summed E-state index contributed by atoms with van der Waals surface area (Å²) in [6, 6.07) is 9.35. The van der Waals surface area contributed by atoms with Gasteiger partial charge in [-0.25, -0.2) is 9.59 Å². The molecule has 38 heavy (non-hydrogen) atoms. The van der Waals surface area contributed by atoms with Gasteiger partial charge >= 0.3 is 12.0 Å². The van der Waals surface area contributed by atoms with Gasteiger partial charge in [0.1, 0.15) is 12.4 Å². The van der Waals surface area contributed by atoms with Gasteiger partial charge < -0.3 is 34.7 Å². The minimum atomic E-state index is -1.10. The summed E-state index contributed by atoms with van der Waals surface area (Å²) >= 11 is 3.45. The number of urea groups is 1. The van der Waals surface area contributed by atoms with E-state index in [0.29, 0.717) is 36.0 Å². The lowest BCUT2D eigenvalue weighted by molar-refractivity contribution is -0.136. The number of aliphatic hydroxyl groups is 1. The number of hydrazone groups is 1. The second kappa shape index (κ2) is 13.7. The van der Waals surface area contributed by atoms with E-state index in [1.807, 2.05) is 32.0 Å². The molecule has 0 aliphatic carbocycles. The molecular weight excluding hydrogens is 560 g/mol. The van der Waals surface area contributed by atoms with E-state index in [0.717, 1.165) is 15.8 Å². The summed E-state index contributed by atoms with van der Waals surface area (Å²) < 4.78 is 22.7. The first-order valence-electron chi connectivity index (χ1n) is 11.9. The van der Waals surface area contributed by atoms with E-state index in [1.165, 1.54) is 7.11 Å². The number of aliphatic hydroxyl groups excluding tert-OH is 1. The third-order valence-corrected chi connectivity index (χ3v) is 5.98. The van der Waals surface area contributed by atoms with Crippen molar-refractivity contribution in [3.05, 3.63) is 63.3 Å². The molecule has 2 atom stereocenters. The molecule has 11 nitrogen and oxygen atoms in total. The van der Waals surface area contributed by atoms with Crippen molar-refractivity contribution in [3.63, 3.8) is 0 Å². The number of esters is 1. The minimum absolute atomic E-state index is 0.125. The van der Waals surface area contributed by atoms with Crippen molar-refractivity contribution in [2.45, 2.75) is 33.0 Å². The molecule has 3 rings (SSSR count). The number of hydrogen-bond acceptors (Lipinski definition) is 9. The molecule has 2 aromatic rings. The number of allylic oxidation sites excluding steroid dienone is 1. The van der Waals surface area contributed by atoms with Crippen LogP contribution >= 0.6 is 15.9 Å². The minimum Gasteiger partial charge on any atom is -0.493 e. The molecule has 204 valence electrons. The van der Waals surface area contributed by atoms with Gasteiger partial charge in [0.25, 0.3) is 0 Å². The fourth-order valence-corrected chi connectivity index (χ4v) is 4.20. The van der Waals surface area contributed by atoms with E-state index in [-0.39, 0.29) is 12.2 Å². The molecule has 4 N–H and O–H groups in total. The van der Waals surface area contributed by atoms with Crippen LogP contribution in [-0.2, 0) is 9.53 Å². The Kier molecular flexibility index (Phi) is 10.4. The second-order valence-corrected chi connectivity index (χ2v) is 8.89. The van der Waals surface area contributed by atoms with Crippen LogP contribution in [0.25, 0.3) is 0 Å². The van der Waals surface area contributed by atoms with E-state index in [9.17, 15) is 14.7 Å². The number of carbonyl (C=O) groups excluding carboxylic acids is 2. The molecule has 0 bridgehead atoms. The van der Waals surface area contributed by atoms with Crippen LogP contribution in [0.15, 0.2) is 57.2 Å². The van der Waals surface area contributed by atoms with Crippen LogP contribution in [0.3, 0.4) is 0 Å². The summed E-state index contributed by atoms with van der Waals surface area (Å²) in [6.07, 6.45) is 0.456. The SMILES string of the molecule is CCOc1ccc(/C=N\N[C@H](O)COc2ccc([C@H]3NC(=O)NC(C)=C3C(=O)OC)cc2OCC)cc1Br. The van der Waals surface area contributed by atoms with Gasteiger partial charge in [-0.2, -0.15) is 5.10 Å². The molecule has 0 spiro atoms. The number of carbonyl (C=O) groups is 2. The van der Waals surface area contributed by atoms with Crippen LogP contribution in [0.5, 0.6) is 17.2 Å². The highest BCUT2D eigenvalue weighted by atomic mass is 79.9. The fraction of sp³-hybridized carbons (Fsp3) is 0.346. The monoisotopic (exact) mass is 590 g/mol. The molecule has 0 saturated carbocycles. The van der Waals surface area contributed by atoms with E-state index in [1.54, 1.807) is 31.3 Å². The standard InChI is InChI=1S/C26H31BrN4O7/c1-5-36-19-9-7-16(11-18(19)27)13-28-31-22(32)14-38-20-10-8-17(12-21(20)37-6-2)24-23(25(33)35-4)15(3)29-26(34)30-24/h7-13,22,24,31-32H,5-6,14H2,1-4H3,(H2,29,30,34)/b28-13-/t22-,24-/m1/s1. The predicted octanol–water partition coefficient (Wildman–Crippen LogP) is 3.37. The van der Waals surface area contributed by atoms with Crippen molar-refractivity contribution in [1.82, 2.24) is 16.1 Å².